The Kier molecular flexibility index (Phi) is 9.95. The molecule has 0 radical (unpaired) electrons. The summed E-state index contributed by atoms with van der Waals surface area (Å²) in [6.45, 7) is 9.85. The Morgan fingerprint density at radius 1 is 1.00 bits per heavy atom. The van der Waals surface area contributed by atoms with Crippen molar-refractivity contribution in [3.05, 3.63) is 72.4 Å². The van der Waals surface area contributed by atoms with Crippen molar-refractivity contribution < 1.29 is 28.5 Å². The Hall–Kier alpha value is -4.94. The average molecular weight is 615 g/mol. The van der Waals surface area contributed by atoms with Gasteiger partial charge in [-0.05, 0) is 45.0 Å². The Morgan fingerprint density at radius 2 is 1.78 bits per heavy atom. The van der Waals surface area contributed by atoms with E-state index in [0.717, 1.165) is 30.4 Å². The summed E-state index contributed by atoms with van der Waals surface area (Å²) in [5, 5.41) is 10.5. The predicted molar refractivity (Wildman–Crippen MR) is 172 cm³/mol. The maximum atomic E-state index is 12.9. The second-order valence-corrected chi connectivity index (χ2v) is 11.4. The molecule has 1 fully saturated rings. The van der Waals surface area contributed by atoms with E-state index in [4.69, 9.17) is 18.9 Å². The number of methoxy groups -OCH3 is 1. The second kappa shape index (κ2) is 14.2. The first-order valence-corrected chi connectivity index (χ1v) is 14.7. The van der Waals surface area contributed by atoms with E-state index in [9.17, 15) is 9.59 Å². The molecule has 2 heterocycles. The number of nitrogens with zero attached hydrogens (tertiary/aromatic N) is 3. The monoisotopic (exact) mass is 614 g/mol. The maximum absolute atomic E-state index is 12.9. The molecule has 0 unspecified atom stereocenters. The number of rotatable bonds is 10. The third-order valence-electron chi connectivity index (χ3n) is 6.84. The van der Waals surface area contributed by atoms with Crippen LogP contribution >= 0.6 is 0 Å². The number of aromatic nitrogens is 2. The Labute approximate surface area is 262 Å². The summed E-state index contributed by atoms with van der Waals surface area (Å²) in [5.41, 5.74) is 0.991. The summed E-state index contributed by atoms with van der Waals surface area (Å²) in [5.74, 6) is 1.42. The number of morpholine rings is 1. The number of ether oxygens (including phenoxy) is 4. The molecule has 0 saturated carbocycles. The third-order valence-corrected chi connectivity index (χ3v) is 6.84. The fourth-order valence-electron chi connectivity index (χ4n) is 4.76. The van der Waals surface area contributed by atoms with Gasteiger partial charge in [0.2, 0.25) is 11.8 Å². The Morgan fingerprint density at radius 3 is 2.53 bits per heavy atom. The van der Waals surface area contributed by atoms with Crippen LogP contribution in [0.15, 0.2) is 66.9 Å². The quantitative estimate of drug-likeness (QED) is 0.208. The zero-order chi connectivity index (χ0) is 31.8. The van der Waals surface area contributed by atoms with E-state index in [-0.39, 0.29) is 11.9 Å². The molecule has 1 aliphatic heterocycles. The highest BCUT2D eigenvalue weighted by molar-refractivity contribution is 6.03. The first-order valence-electron chi connectivity index (χ1n) is 14.7. The molecule has 4 aromatic rings. The number of nitrogens with one attached hydrogen (secondary N) is 3. The minimum Gasteiger partial charge on any atom is -0.497 e. The molecule has 0 atom stereocenters. The topological polar surface area (TPSA) is 136 Å². The van der Waals surface area contributed by atoms with Gasteiger partial charge in [-0.2, -0.15) is 4.98 Å². The number of hydrogen-bond acceptors (Lipinski definition) is 10. The van der Waals surface area contributed by atoms with Crippen molar-refractivity contribution in [2.45, 2.75) is 26.4 Å². The summed E-state index contributed by atoms with van der Waals surface area (Å²) in [4.78, 5) is 36.5. The Bertz CT molecular complexity index is 1650. The van der Waals surface area contributed by atoms with Crippen LogP contribution in [0.4, 0.5) is 22.1 Å². The predicted octanol–water partition coefficient (Wildman–Crippen LogP) is 5.58. The number of amides is 2. The number of carbonyl (C=O) groups excluding carboxylic acids is 2. The van der Waals surface area contributed by atoms with Gasteiger partial charge in [0.1, 0.15) is 17.1 Å². The lowest BCUT2D eigenvalue weighted by atomic mass is 10.1. The van der Waals surface area contributed by atoms with Gasteiger partial charge in [0.15, 0.2) is 0 Å². The standard InChI is InChI=1S/C33H38N6O6/c1-33(2,3)45-32(41)37-27-9-10-28(26-8-6-5-7-25(26)27)44-29-11-12-35-31(38-29)36-23-19-22(20-24(21-23)42-4)30(40)34-13-14-39-15-17-43-18-16-39/h5-12,19-21H,13-18H2,1-4H3,(H,34,40)(H,37,41)(H,35,36,38). The van der Waals surface area contributed by atoms with Crippen molar-refractivity contribution in [3.63, 3.8) is 0 Å². The molecule has 12 heteroatoms. The van der Waals surface area contributed by atoms with Crippen LogP contribution in [0.25, 0.3) is 10.8 Å². The van der Waals surface area contributed by atoms with Gasteiger partial charge in [-0.1, -0.05) is 24.3 Å². The highest BCUT2D eigenvalue weighted by Gasteiger charge is 2.18. The molecule has 45 heavy (non-hydrogen) atoms. The summed E-state index contributed by atoms with van der Waals surface area (Å²) in [6.07, 6.45) is 1.03. The summed E-state index contributed by atoms with van der Waals surface area (Å²) >= 11 is 0. The van der Waals surface area contributed by atoms with Crippen molar-refractivity contribution in [3.8, 4) is 17.4 Å². The van der Waals surface area contributed by atoms with Crippen LogP contribution < -0.4 is 25.4 Å². The van der Waals surface area contributed by atoms with E-state index < -0.39 is 11.7 Å². The smallest absolute Gasteiger partial charge is 0.412 e. The van der Waals surface area contributed by atoms with Crippen molar-refractivity contribution in [2.75, 3.05) is 57.1 Å². The van der Waals surface area contributed by atoms with Gasteiger partial charge in [0.05, 0.1) is 26.0 Å². The van der Waals surface area contributed by atoms with Gasteiger partial charge in [-0.25, -0.2) is 9.78 Å². The zero-order valence-electron chi connectivity index (χ0n) is 25.9. The van der Waals surface area contributed by atoms with E-state index in [1.165, 1.54) is 0 Å². The van der Waals surface area contributed by atoms with Crippen molar-refractivity contribution in [2.24, 2.45) is 0 Å². The van der Waals surface area contributed by atoms with Crippen molar-refractivity contribution >= 4 is 40.1 Å². The third kappa shape index (κ3) is 8.80. The van der Waals surface area contributed by atoms with Crippen molar-refractivity contribution in [1.82, 2.24) is 20.2 Å². The van der Waals surface area contributed by atoms with Crippen LogP contribution in [0.1, 0.15) is 31.1 Å². The highest BCUT2D eigenvalue weighted by atomic mass is 16.6. The lowest BCUT2D eigenvalue weighted by Gasteiger charge is -2.26. The van der Waals surface area contributed by atoms with Crippen molar-refractivity contribution in [1.29, 1.82) is 0 Å². The average Bonchev–Trinajstić information content (AvgIpc) is 3.02. The lowest BCUT2D eigenvalue weighted by Crippen LogP contribution is -2.41. The van der Waals surface area contributed by atoms with E-state index in [0.29, 0.717) is 54.1 Å². The molecular formula is C33H38N6O6. The first kappa shape index (κ1) is 31.5. The second-order valence-electron chi connectivity index (χ2n) is 11.4. The van der Waals surface area contributed by atoms with Crippen LogP contribution in [0.5, 0.6) is 17.4 Å². The molecule has 0 bridgehead atoms. The number of fused-ring (bicyclic) bond motifs is 1. The fraction of sp³-hybridized carbons (Fsp3) is 0.333. The summed E-state index contributed by atoms with van der Waals surface area (Å²) in [6, 6.07) is 17.9. The molecule has 5 rings (SSSR count). The summed E-state index contributed by atoms with van der Waals surface area (Å²) < 4.78 is 22.4. The lowest BCUT2D eigenvalue weighted by molar-refractivity contribution is 0.0383. The Balaban J connectivity index is 1.28. The molecule has 3 N–H and O–H groups in total. The number of anilines is 3. The molecule has 1 saturated heterocycles. The summed E-state index contributed by atoms with van der Waals surface area (Å²) in [7, 11) is 1.54. The van der Waals surface area contributed by atoms with Crippen LogP contribution in [0, 0.1) is 0 Å². The number of hydrogen-bond donors (Lipinski definition) is 3. The number of benzene rings is 3. The van der Waals surface area contributed by atoms with Gasteiger partial charge in [0.25, 0.3) is 5.91 Å². The molecule has 1 aromatic heterocycles. The van der Waals surface area contributed by atoms with Gasteiger partial charge in [-0.15, -0.1) is 0 Å². The SMILES string of the molecule is COc1cc(Nc2nccc(Oc3ccc(NC(=O)OC(C)(C)C)c4ccccc34)n2)cc(C(=O)NCCN2CCOCC2)c1. The highest BCUT2D eigenvalue weighted by Crippen LogP contribution is 2.34. The number of carbonyl (C=O) groups is 2. The largest absolute Gasteiger partial charge is 0.497 e. The molecule has 3 aromatic carbocycles. The van der Waals surface area contributed by atoms with Crippen LogP contribution in [-0.2, 0) is 9.47 Å². The van der Waals surface area contributed by atoms with Gasteiger partial charge < -0.3 is 29.6 Å². The molecule has 0 spiro atoms. The van der Waals surface area contributed by atoms with E-state index in [2.05, 4.69) is 30.8 Å². The van der Waals surface area contributed by atoms with Crippen LogP contribution in [-0.4, -0.2) is 79.0 Å². The minimum atomic E-state index is -0.621. The zero-order valence-corrected chi connectivity index (χ0v) is 25.9. The normalized spacial score (nSPS) is 13.6. The van der Waals surface area contributed by atoms with Crippen LogP contribution in [0.2, 0.25) is 0 Å². The minimum absolute atomic E-state index is 0.209. The van der Waals surface area contributed by atoms with E-state index >= 15 is 0 Å². The van der Waals surface area contributed by atoms with Crippen LogP contribution in [0.3, 0.4) is 0 Å². The molecule has 0 aliphatic carbocycles. The van der Waals surface area contributed by atoms with Gasteiger partial charge in [-0.3, -0.25) is 15.0 Å². The van der Waals surface area contributed by atoms with E-state index in [1.54, 1.807) is 49.7 Å². The molecule has 2 amide bonds. The molecule has 236 valence electrons. The van der Waals surface area contributed by atoms with Gasteiger partial charge in [0, 0.05) is 66.5 Å². The first-order chi connectivity index (χ1) is 21.7. The molecule has 12 nitrogen and oxygen atoms in total. The van der Waals surface area contributed by atoms with Gasteiger partial charge >= 0.3 is 6.09 Å². The van der Waals surface area contributed by atoms with E-state index in [1.807, 2.05) is 45.0 Å². The molecule has 1 aliphatic rings. The molecular weight excluding hydrogens is 576 g/mol. The maximum Gasteiger partial charge on any atom is 0.412 e. The fourth-order valence-corrected chi connectivity index (χ4v) is 4.76.